The first-order valence-corrected chi connectivity index (χ1v) is 3.59. The zero-order chi connectivity index (χ0) is 11.1. The van der Waals surface area contributed by atoms with Gasteiger partial charge in [0, 0.05) is 0 Å². The molecule has 1 fully saturated rings. The Bertz CT molecular complexity index is 248. The standard InChI is InChI=1S/C6H8F2O6/c7-4-2(10)1(9)3(11)6(8,14-4)5(12)13/h1-4,9-11H,(H,12,13)/t1-,2-,3+,4-,6-/m1/s1. The van der Waals surface area contributed by atoms with Crippen LogP contribution in [0, 0.1) is 0 Å². The summed E-state index contributed by atoms with van der Waals surface area (Å²) in [5.41, 5.74) is 0. The number of rotatable bonds is 1. The highest BCUT2D eigenvalue weighted by Crippen LogP contribution is 2.32. The van der Waals surface area contributed by atoms with Crippen molar-refractivity contribution >= 4 is 5.97 Å². The molecule has 82 valence electrons. The van der Waals surface area contributed by atoms with E-state index in [0.29, 0.717) is 0 Å². The third kappa shape index (κ3) is 1.46. The van der Waals surface area contributed by atoms with Crippen LogP contribution in [0.15, 0.2) is 0 Å². The number of aliphatic carboxylic acids is 1. The van der Waals surface area contributed by atoms with Gasteiger partial charge in [-0.1, -0.05) is 0 Å². The minimum Gasteiger partial charge on any atom is -0.477 e. The first-order valence-electron chi connectivity index (χ1n) is 3.59. The highest BCUT2D eigenvalue weighted by atomic mass is 19.2. The molecule has 0 amide bonds. The van der Waals surface area contributed by atoms with Gasteiger partial charge in [0.05, 0.1) is 0 Å². The number of hydrogen-bond acceptors (Lipinski definition) is 5. The summed E-state index contributed by atoms with van der Waals surface area (Å²) in [6, 6.07) is 0. The maximum absolute atomic E-state index is 13.2. The average Bonchev–Trinajstić information content (AvgIpc) is 2.11. The molecular formula is C6H8F2O6. The van der Waals surface area contributed by atoms with Crippen LogP contribution in [0.4, 0.5) is 8.78 Å². The topological polar surface area (TPSA) is 107 Å². The molecule has 14 heavy (non-hydrogen) atoms. The monoisotopic (exact) mass is 214 g/mol. The molecular weight excluding hydrogens is 206 g/mol. The van der Waals surface area contributed by atoms with Gasteiger partial charge in [-0.25, -0.2) is 9.18 Å². The van der Waals surface area contributed by atoms with Crippen molar-refractivity contribution in [1.82, 2.24) is 0 Å². The van der Waals surface area contributed by atoms with Gasteiger partial charge in [-0.15, -0.1) is 0 Å². The molecule has 1 aliphatic heterocycles. The summed E-state index contributed by atoms with van der Waals surface area (Å²) in [6.45, 7) is 0. The second-order valence-corrected chi connectivity index (χ2v) is 2.85. The molecule has 0 aromatic heterocycles. The van der Waals surface area contributed by atoms with Crippen molar-refractivity contribution in [2.45, 2.75) is 30.5 Å². The van der Waals surface area contributed by atoms with E-state index in [0.717, 1.165) is 0 Å². The van der Waals surface area contributed by atoms with Gasteiger partial charge in [-0.2, -0.15) is 4.39 Å². The maximum Gasteiger partial charge on any atom is 0.372 e. The first-order chi connectivity index (χ1) is 6.30. The van der Waals surface area contributed by atoms with Gasteiger partial charge in [0.25, 0.3) is 0 Å². The number of alkyl halides is 2. The van der Waals surface area contributed by atoms with Crippen LogP contribution in [0.2, 0.25) is 0 Å². The largest absolute Gasteiger partial charge is 0.477 e. The Morgan fingerprint density at radius 3 is 2.21 bits per heavy atom. The summed E-state index contributed by atoms with van der Waals surface area (Å²) >= 11 is 0. The molecule has 6 nitrogen and oxygen atoms in total. The van der Waals surface area contributed by atoms with E-state index in [4.69, 9.17) is 20.4 Å². The molecule has 1 rings (SSSR count). The predicted molar refractivity (Wildman–Crippen MR) is 35.5 cm³/mol. The lowest BCUT2D eigenvalue weighted by Gasteiger charge is -2.38. The van der Waals surface area contributed by atoms with E-state index < -0.39 is 36.5 Å². The molecule has 1 heterocycles. The van der Waals surface area contributed by atoms with Crippen molar-refractivity contribution in [2.24, 2.45) is 0 Å². The Labute approximate surface area is 76.3 Å². The van der Waals surface area contributed by atoms with Crippen LogP contribution in [0.5, 0.6) is 0 Å². The van der Waals surface area contributed by atoms with Gasteiger partial charge in [-0.3, -0.25) is 4.74 Å². The summed E-state index contributed by atoms with van der Waals surface area (Å²) in [6.07, 6.45) is -9.72. The van der Waals surface area contributed by atoms with Gasteiger partial charge in [0.15, 0.2) is 6.10 Å². The molecule has 0 radical (unpaired) electrons. The minimum atomic E-state index is -3.75. The van der Waals surface area contributed by atoms with Crippen molar-refractivity contribution in [3.63, 3.8) is 0 Å². The number of carbonyl (C=O) groups is 1. The highest BCUT2D eigenvalue weighted by Gasteiger charge is 2.59. The van der Waals surface area contributed by atoms with E-state index in [2.05, 4.69) is 4.74 Å². The Kier molecular flexibility index (Phi) is 2.72. The van der Waals surface area contributed by atoms with Crippen LogP contribution in [-0.4, -0.2) is 56.9 Å². The van der Waals surface area contributed by atoms with Crippen LogP contribution in [0.3, 0.4) is 0 Å². The van der Waals surface area contributed by atoms with E-state index in [1.54, 1.807) is 0 Å². The van der Waals surface area contributed by atoms with Crippen molar-refractivity contribution < 1.29 is 38.7 Å². The molecule has 0 spiro atoms. The number of aliphatic hydroxyl groups excluding tert-OH is 3. The molecule has 1 saturated heterocycles. The molecule has 0 aliphatic carbocycles. The average molecular weight is 214 g/mol. The minimum absolute atomic E-state index is 2.19. The third-order valence-corrected chi connectivity index (χ3v) is 1.90. The van der Waals surface area contributed by atoms with E-state index in [9.17, 15) is 13.6 Å². The maximum atomic E-state index is 13.2. The van der Waals surface area contributed by atoms with Crippen molar-refractivity contribution in [2.75, 3.05) is 0 Å². The van der Waals surface area contributed by atoms with E-state index in [-0.39, 0.29) is 0 Å². The number of aliphatic hydroxyl groups is 3. The van der Waals surface area contributed by atoms with Gasteiger partial charge >= 0.3 is 11.8 Å². The summed E-state index contributed by atoms with van der Waals surface area (Å²) in [5, 5.41) is 34.8. The molecule has 4 N–H and O–H groups in total. The fraction of sp³-hybridized carbons (Fsp3) is 0.833. The van der Waals surface area contributed by atoms with Crippen LogP contribution >= 0.6 is 0 Å². The van der Waals surface area contributed by atoms with Gasteiger partial charge in [-0.05, 0) is 0 Å². The molecule has 0 unspecified atom stereocenters. The SMILES string of the molecule is O=C(O)[C@]1(F)O[C@@H](F)[C@H](O)[C@@H](O)[C@@H]1O. The van der Waals surface area contributed by atoms with Crippen LogP contribution < -0.4 is 0 Å². The Morgan fingerprint density at radius 1 is 1.29 bits per heavy atom. The Morgan fingerprint density at radius 2 is 1.79 bits per heavy atom. The van der Waals surface area contributed by atoms with Crippen LogP contribution in [0.25, 0.3) is 0 Å². The molecule has 0 saturated carbocycles. The molecule has 0 aromatic carbocycles. The third-order valence-electron chi connectivity index (χ3n) is 1.90. The summed E-state index contributed by atoms with van der Waals surface area (Å²) in [7, 11) is 0. The molecule has 0 aromatic rings. The number of ether oxygens (including phenoxy) is 1. The summed E-state index contributed by atoms with van der Waals surface area (Å²) in [5.74, 6) is -6.03. The zero-order valence-electron chi connectivity index (χ0n) is 6.67. The van der Waals surface area contributed by atoms with E-state index in [1.807, 2.05) is 0 Å². The smallest absolute Gasteiger partial charge is 0.372 e. The normalized spacial score (nSPS) is 48.9. The fourth-order valence-corrected chi connectivity index (χ4v) is 1.04. The number of carboxylic acids is 1. The van der Waals surface area contributed by atoms with Crippen LogP contribution in [0.1, 0.15) is 0 Å². The predicted octanol–water partition coefficient (Wildman–Crippen LogP) is -1.85. The van der Waals surface area contributed by atoms with Crippen molar-refractivity contribution in [3.05, 3.63) is 0 Å². The van der Waals surface area contributed by atoms with Gasteiger partial charge in [0.1, 0.15) is 12.2 Å². The molecule has 8 heteroatoms. The van der Waals surface area contributed by atoms with Gasteiger partial charge in [0.2, 0.25) is 6.36 Å². The lowest BCUT2D eigenvalue weighted by Crippen LogP contribution is -2.64. The molecule has 0 bridgehead atoms. The summed E-state index contributed by atoms with van der Waals surface area (Å²) in [4.78, 5) is 10.3. The number of carboxylic acid groups (broad SMARTS) is 1. The molecule has 1 aliphatic rings. The number of halogens is 2. The summed E-state index contributed by atoms with van der Waals surface area (Å²) < 4.78 is 29.4. The number of hydrogen-bond donors (Lipinski definition) is 4. The van der Waals surface area contributed by atoms with Crippen molar-refractivity contribution in [1.29, 1.82) is 0 Å². The van der Waals surface area contributed by atoms with Gasteiger partial charge < -0.3 is 20.4 Å². The highest BCUT2D eigenvalue weighted by molar-refractivity contribution is 5.76. The lowest BCUT2D eigenvalue weighted by molar-refractivity contribution is -0.332. The zero-order valence-corrected chi connectivity index (χ0v) is 6.67. The van der Waals surface area contributed by atoms with Crippen molar-refractivity contribution in [3.8, 4) is 0 Å². The lowest BCUT2D eigenvalue weighted by atomic mass is 9.97. The second kappa shape index (κ2) is 3.39. The fourth-order valence-electron chi connectivity index (χ4n) is 1.04. The van der Waals surface area contributed by atoms with E-state index in [1.165, 1.54) is 0 Å². The Balaban J connectivity index is 2.96. The van der Waals surface area contributed by atoms with E-state index >= 15 is 0 Å². The molecule has 5 atom stereocenters. The Hall–Kier alpha value is -0.830. The van der Waals surface area contributed by atoms with Crippen LogP contribution in [-0.2, 0) is 9.53 Å². The quantitative estimate of drug-likeness (QED) is 0.408. The first kappa shape index (κ1) is 11.2. The second-order valence-electron chi connectivity index (χ2n) is 2.85.